The summed E-state index contributed by atoms with van der Waals surface area (Å²) in [6, 6.07) is 4.05. The third-order valence-electron chi connectivity index (χ3n) is 1.62. The molecule has 0 fully saturated rings. The second kappa shape index (κ2) is 4.98. The molecule has 0 saturated carbocycles. The van der Waals surface area contributed by atoms with Crippen LogP contribution in [-0.2, 0) is 6.42 Å². The van der Waals surface area contributed by atoms with Gasteiger partial charge in [0.15, 0.2) is 0 Å². The number of nitrogens with zero attached hydrogens (tertiary/aromatic N) is 1. The number of rotatable bonds is 3. The van der Waals surface area contributed by atoms with Crippen molar-refractivity contribution in [2.75, 3.05) is 13.6 Å². The molecule has 0 N–H and O–H groups in total. The molecule has 0 bridgehead atoms. The third kappa shape index (κ3) is 3.67. The van der Waals surface area contributed by atoms with Crippen LogP contribution in [-0.4, -0.2) is 23.9 Å². The van der Waals surface area contributed by atoms with Crippen molar-refractivity contribution in [2.45, 2.75) is 6.42 Å². The second-order valence-corrected chi connectivity index (χ2v) is 5.50. The Labute approximate surface area is 94.6 Å². The number of carbonyl (C=O) groups excluding carboxylic acids is 1. The number of carbonyl (C=O) groups is 1. The Kier molecular flexibility index (Phi) is 4.22. The minimum absolute atomic E-state index is 0.407. The number of amides is 1. The Morgan fingerprint density at radius 1 is 1.69 bits per heavy atom. The zero-order chi connectivity index (χ0) is 9.84. The van der Waals surface area contributed by atoms with Crippen molar-refractivity contribution < 1.29 is 4.79 Å². The van der Waals surface area contributed by atoms with Gasteiger partial charge in [0.25, 0.3) is 0 Å². The van der Waals surface area contributed by atoms with Gasteiger partial charge in [0.2, 0.25) is 0 Å². The smallest absolute Gasteiger partial charge is 0.316 e. The first-order chi connectivity index (χ1) is 6.09. The molecule has 0 aromatic carbocycles. The van der Waals surface area contributed by atoms with Gasteiger partial charge < -0.3 is 4.90 Å². The summed E-state index contributed by atoms with van der Waals surface area (Å²) in [6.07, 6.45) is 0.852. The normalized spacial score (nSPS) is 10.1. The number of halogens is 2. The first-order valence-corrected chi connectivity index (χ1v) is 5.73. The van der Waals surface area contributed by atoms with Crippen LogP contribution in [0.15, 0.2) is 15.9 Å². The summed E-state index contributed by atoms with van der Waals surface area (Å²) in [5.41, 5.74) is 0. The minimum Gasteiger partial charge on any atom is -0.332 e. The van der Waals surface area contributed by atoms with Gasteiger partial charge in [-0.15, -0.1) is 11.3 Å². The number of hydrogen-bond acceptors (Lipinski definition) is 2. The molecule has 0 unspecified atom stereocenters. The van der Waals surface area contributed by atoms with Crippen molar-refractivity contribution in [3.8, 4) is 0 Å². The highest BCUT2D eigenvalue weighted by atomic mass is 79.9. The van der Waals surface area contributed by atoms with Crippen LogP contribution in [0.3, 0.4) is 0 Å². The van der Waals surface area contributed by atoms with Crippen molar-refractivity contribution in [3.05, 3.63) is 20.8 Å². The summed E-state index contributed by atoms with van der Waals surface area (Å²) in [5.74, 6) is 0. The minimum atomic E-state index is -0.407. The van der Waals surface area contributed by atoms with Crippen LogP contribution in [0.1, 0.15) is 4.88 Å². The lowest BCUT2D eigenvalue weighted by molar-refractivity contribution is 0.233. The average molecular weight is 283 g/mol. The van der Waals surface area contributed by atoms with Gasteiger partial charge in [0.1, 0.15) is 0 Å². The zero-order valence-electron chi connectivity index (χ0n) is 7.09. The molecule has 5 heteroatoms. The summed E-state index contributed by atoms with van der Waals surface area (Å²) >= 11 is 10.3. The van der Waals surface area contributed by atoms with Gasteiger partial charge in [-0.25, -0.2) is 0 Å². The standard InChI is InChI=1S/C8H9BrClNOS/c1-11(8(10)12)5-4-6-2-3-7(9)13-6/h2-3H,4-5H2,1H3. The molecule has 1 rings (SSSR count). The molecule has 2 nitrogen and oxygen atoms in total. The van der Waals surface area contributed by atoms with E-state index in [1.54, 1.807) is 18.4 Å². The molecule has 1 aromatic rings. The van der Waals surface area contributed by atoms with E-state index in [0.29, 0.717) is 6.54 Å². The molecule has 72 valence electrons. The lowest BCUT2D eigenvalue weighted by atomic mass is 10.3. The van der Waals surface area contributed by atoms with E-state index in [1.807, 2.05) is 12.1 Å². The quantitative estimate of drug-likeness (QED) is 0.615. The van der Waals surface area contributed by atoms with E-state index in [-0.39, 0.29) is 0 Å². The molecule has 1 heterocycles. The second-order valence-electron chi connectivity index (χ2n) is 2.63. The van der Waals surface area contributed by atoms with Crippen molar-refractivity contribution in [2.24, 2.45) is 0 Å². The van der Waals surface area contributed by atoms with Crippen LogP contribution >= 0.6 is 38.9 Å². The fraction of sp³-hybridized carbons (Fsp3) is 0.375. The van der Waals surface area contributed by atoms with E-state index in [4.69, 9.17) is 11.6 Å². The lowest BCUT2D eigenvalue weighted by Gasteiger charge is -2.11. The van der Waals surface area contributed by atoms with Gasteiger partial charge in [-0.3, -0.25) is 4.79 Å². The maximum atomic E-state index is 10.7. The summed E-state index contributed by atoms with van der Waals surface area (Å²) in [6.45, 7) is 0.662. The predicted molar refractivity (Wildman–Crippen MR) is 59.6 cm³/mol. The fourth-order valence-electron chi connectivity index (χ4n) is 0.852. The van der Waals surface area contributed by atoms with Crippen LogP contribution in [0.5, 0.6) is 0 Å². The lowest BCUT2D eigenvalue weighted by Crippen LogP contribution is -2.23. The Bertz CT molecular complexity index is 302. The van der Waals surface area contributed by atoms with E-state index in [1.165, 1.54) is 9.78 Å². The molecular formula is C8H9BrClNOS. The highest BCUT2D eigenvalue weighted by molar-refractivity contribution is 9.11. The molecule has 1 aromatic heterocycles. The van der Waals surface area contributed by atoms with Gasteiger partial charge in [0.05, 0.1) is 3.79 Å². The topological polar surface area (TPSA) is 20.3 Å². The number of hydrogen-bond donors (Lipinski definition) is 0. The number of thiophene rings is 1. The molecule has 13 heavy (non-hydrogen) atoms. The van der Waals surface area contributed by atoms with Crippen molar-refractivity contribution in [1.82, 2.24) is 4.90 Å². The highest BCUT2D eigenvalue weighted by Gasteiger charge is 2.05. The van der Waals surface area contributed by atoms with Crippen LogP contribution in [0.2, 0.25) is 0 Å². The van der Waals surface area contributed by atoms with E-state index >= 15 is 0 Å². The van der Waals surface area contributed by atoms with E-state index in [9.17, 15) is 4.79 Å². The Morgan fingerprint density at radius 3 is 2.85 bits per heavy atom. The van der Waals surface area contributed by atoms with E-state index in [0.717, 1.165) is 10.2 Å². The molecule has 1 amide bonds. The fourth-order valence-corrected chi connectivity index (χ4v) is 2.41. The zero-order valence-corrected chi connectivity index (χ0v) is 10.2. The molecule has 0 aliphatic carbocycles. The summed E-state index contributed by atoms with van der Waals surface area (Å²) in [7, 11) is 1.69. The average Bonchev–Trinajstić information content (AvgIpc) is 2.47. The molecule has 0 aliphatic rings. The van der Waals surface area contributed by atoms with Gasteiger partial charge in [-0.2, -0.15) is 0 Å². The van der Waals surface area contributed by atoms with Crippen LogP contribution < -0.4 is 0 Å². The van der Waals surface area contributed by atoms with Crippen molar-refractivity contribution in [1.29, 1.82) is 0 Å². The van der Waals surface area contributed by atoms with E-state index < -0.39 is 5.37 Å². The van der Waals surface area contributed by atoms with Crippen LogP contribution in [0, 0.1) is 0 Å². The summed E-state index contributed by atoms with van der Waals surface area (Å²) < 4.78 is 1.11. The van der Waals surface area contributed by atoms with Crippen LogP contribution in [0.25, 0.3) is 0 Å². The molecular weight excluding hydrogens is 274 g/mol. The Hall–Kier alpha value is -0.0600. The maximum Gasteiger partial charge on any atom is 0.316 e. The monoisotopic (exact) mass is 281 g/mol. The van der Waals surface area contributed by atoms with Gasteiger partial charge in [-0.1, -0.05) is 0 Å². The third-order valence-corrected chi connectivity index (χ3v) is 3.59. The van der Waals surface area contributed by atoms with E-state index in [2.05, 4.69) is 15.9 Å². The first kappa shape index (κ1) is 11.0. The first-order valence-electron chi connectivity index (χ1n) is 3.74. The Balaban J connectivity index is 2.39. The molecule has 0 aliphatic heterocycles. The Morgan fingerprint density at radius 2 is 2.38 bits per heavy atom. The van der Waals surface area contributed by atoms with Crippen molar-refractivity contribution >= 4 is 44.2 Å². The van der Waals surface area contributed by atoms with Gasteiger partial charge in [-0.05, 0) is 46.1 Å². The summed E-state index contributed by atoms with van der Waals surface area (Å²) in [4.78, 5) is 13.4. The van der Waals surface area contributed by atoms with Gasteiger partial charge in [0, 0.05) is 18.5 Å². The molecule has 0 radical (unpaired) electrons. The molecule has 0 saturated heterocycles. The predicted octanol–water partition coefficient (Wildman–Crippen LogP) is 3.34. The molecule has 0 atom stereocenters. The van der Waals surface area contributed by atoms with Gasteiger partial charge >= 0.3 is 5.37 Å². The number of likely N-dealkylation sites (N-methyl/N-ethyl adjacent to an activating group) is 1. The van der Waals surface area contributed by atoms with Crippen LogP contribution in [0.4, 0.5) is 4.79 Å². The maximum absolute atomic E-state index is 10.7. The largest absolute Gasteiger partial charge is 0.332 e. The highest BCUT2D eigenvalue weighted by Crippen LogP contribution is 2.22. The summed E-state index contributed by atoms with van der Waals surface area (Å²) in [5, 5.41) is -0.407. The van der Waals surface area contributed by atoms with Crippen molar-refractivity contribution in [3.63, 3.8) is 0 Å². The SMILES string of the molecule is CN(CCc1ccc(Br)s1)C(=O)Cl. The molecule has 0 spiro atoms.